The van der Waals surface area contributed by atoms with Gasteiger partial charge in [0.05, 0.1) is 0 Å². The van der Waals surface area contributed by atoms with E-state index in [4.69, 9.17) is 11.6 Å². The summed E-state index contributed by atoms with van der Waals surface area (Å²) in [5.74, 6) is -0.867. The zero-order valence-electron chi connectivity index (χ0n) is 9.49. The number of nitrogens with zero attached hydrogens (tertiary/aromatic N) is 2. The molecule has 0 spiro atoms. The number of rotatable bonds is 2. The minimum atomic E-state index is -0.634. The first kappa shape index (κ1) is 12.6. The van der Waals surface area contributed by atoms with E-state index in [1.54, 1.807) is 13.0 Å². The third kappa shape index (κ3) is 3.11. The van der Waals surface area contributed by atoms with E-state index in [1.807, 2.05) is 0 Å². The minimum absolute atomic E-state index is 0.262. The lowest BCUT2D eigenvalue weighted by molar-refractivity contribution is 0.581. The molecular weight excluding hydrogens is 258 g/mol. The summed E-state index contributed by atoms with van der Waals surface area (Å²) in [6, 6.07) is 4.98. The highest BCUT2D eigenvalue weighted by atomic mass is 35.5. The van der Waals surface area contributed by atoms with Gasteiger partial charge in [-0.25, -0.2) is 18.7 Å². The maximum atomic E-state index is 13.4. The van der Waals surface area contributed by atoms with Crippen LogP contribution >= 0.6 is 11.6 Å². The number of halogens is 3. The van der Waals surface area contributed by atoms with Gasteiger partial charge in [0.1, 0.15) is 16.8 Å². The number of hydrogen-bond donors (Lipinski definition) is 0. The monoisotopic (exact) mass is 266 g/mol. The van der Waals surface area contributed by atoms with Crippen LogP contribution in [0.2, 0.25) is 5.15 Å². The van der Waals surface area contributed by atoms with Gasteiger partial charge in [0.15, 0.2) is 5.82 Å². The van der Waals surface area contributed by atoms with E-state index in [0.717, 1.165) is 6.07 Å². The summed E-state index contributed by atoms with van der Waals surface area (Å²) in [6.07, 6.45) is 3.00. The normalized spacial score (nSPS) is 11.1. The smallest absolute Gasteiger partial charge is 0.153 e. The quantitative estimate of drug-likeness (QED) is 0.771. The summed E-state index contributed by atoms with van der Waals surface area (Å²) in [7, 11) is 0. The molecule has 2 rings (SSSR count). The summed E-state index contributed by atoms with van der Waals surface area (Å²) in [4.78, 5) is 8.08. The third-order valence-electron chi connectivity index (χ3n) is 2.21. The van der Waals surface area contributed by atoms with E-state index >= 15 is 0 Å². The molecule has 0 aliphatic heterocycles. The van der Waals surface area contributed by atoms with Crippen molar-refractivity contribution in [1.29, 1.82) is 0 Å². The summed E-state index contributed by atoms with van der Waals surface area (Å²) in [5, 5.41) is 0.321. The van der Waals surface area contributed by atoms with Crippen molar-refractivity contribution in [2.45, 2.75) is 6.92 Å². The molecule has 1 aromatic carbocycles. The Hall–Kier alpha value is -1.81. The molecule has 0 radical (unpaired) electrons. The van der Waals surface area contributed by atoms with Crippen LogP contribution in [0.5, 0.6) is 0 Å². The Labute approximate surface area is 108 Å². The first-order chi connectivity index (χ1) is 8.54. The van der Waals surface area contributed by atoms with Crippen LogP contribution in [-0.4, -0.2) is 9.97 Å². The lowest BCUT2D eigenvalue weighted by Crippen LogP contribution is -1.91. The molecule has 92 valence electrons. The van der Waals surface area contributed by atoms with Gasteiger partial charge in [0.25, 0.3) is 0 Å². The van der Waals surface area contributed by atoms with Crippen LogP contribution in [0, 0.1) is 18.6 Å². The number of hydrogen-bond acceptors (Lipinski definition) is 2. The van der Waals surface area contributed by atoms with Crippen molar-refractivity contribution in [2.24, 2.45) is 0 Å². The van der Waals surface area contributed by atoms with E-state index < -0.39 is 11.6 Å². The molecule has 0 aliphatic carbocycles. The third-order valence-corrected chi connectivity index (χ3v) is 2.41. The molecule has 0 saturated heterocycles. The van der Waals surface area contributed by atoms with E-state index in [2.05, 4.69) is 9.97 Å². The Kier molecular flexibility index (Phi) is 3.67. The van der Waals surface area contributed by atoms with Crippen LogP contribution in [0.4, 0.5) is 8.78 Å². The van der Waals surface area contributed by atoms with E-state index in [0.29, 0.717) is 16.7 Å². The topological polar surface area (TPSA) is 25.8 Å². The lowest BCUT2D eigenvalue weighted by Gasteiger charge is -1.98. The summed E-state index contributed by atoms with van der Waals surface area (Å²) in [5.41, 5.74) is 0.979. The van der Waals surface area contributed by atoms with E-state index in [1.165, 1.54) is 24.3 Å². The fourth-order valence-corrected chi connectivity index (χ4v) is 1.67. The highest BCUT2D eigenvalue weighted by molar-refractivity contribution is 6.29. The van der Waals surface area contributed by atoms with Gasteiger partial charge >= 0.3 is 0 Å². The van der Waals surface area contributed by atoms with Crippen LogP contribution in [-0.2, 0) is 0 Å². The van der Waals surface area contributed by atoms with E-state index in [9.17, 15) is 8.78 Å². The second-order valence-corrected chi connectivity index (χ2v) is 4.08. The average molecular weight is 267 g/mol. The maximum Gasteiger partial charge on any atom is 0.153 e. The van der Waals surface area contributed by atoms with Crippen LogP contribution in [0.1, 0.15) is 17.1 Å². The van der Waals surface area contributed by atoms with Crippen LogP contribution in [0.15, 0.2) is 24.3 Å². The summed E-state index contributed by atoms with van der Waals surface area (Å²) >= 11 is 5.78. The highest BCUT2D eigenvalue weighted by Gasteiger charge is 2.01. The minimum Gasteiger partial charge on any atom is -0.234 e. The standard InChI is InChI=1S/C13H9ClF2N2/c1-8-6-12(14)18-13(17-8)5-3-9-2-4-10(15)7-11(9)16/h2-7H,1H3/b5-3+. The molecule has 0 aliphatic rings. The van der Waals surface area contributed by atoms with Crippen molar-refractivity contribution in [2.75, 3.05) is 0 Å². The Morgan fingerprint density at radius 3 is 2.56 bits per heavy atom. The SMILES string of the molecule is Cc1cc(Cl)nc(/C=C/c2ccc(F)cc2F)n1. The van der Waals surface area contributed by atoms with Gasteiger partial charge in [-0.05, 0) is 37.3 Å². The predicted molar refractivity (Wildman–Crippen MR) is 67.1 cm³/mol. The Morgan fingerprint density at radius 1 is 1.11 bits per heavy atom. The Balaban J connectivity index is 2.29. The molecule has 1 heterocycles. The first-order valence-electron chi connectivity index (χ1n) is 5.19. The Morgan fingerprint density at radius 2 is 1.89 bits per heavy atom. The molecule has 18 heavy (non-hydrogen) atoms. The Bertz CT molecular complexity index is 592. The molecule has 0 unspecified atom stereocenters. The molecule has 0 bridgehead atoms. The fourth-order valence-electron chi connectivity index (χ4n) is 1.43. The molecule has 0 N–H and O–H groups in total. The van der Waals surface area contributed by atoms with E-state index in [-0.39, 0.29) is 5.56 Å². The molecule has 0 fully saturated rings. The van der Waals surface area contributed by atoms with Gasteiger partial charge in [-0.1, -0.05) is 11.6 Å². The second kappa shape index (κ2) is 5.23. The van der Waals surface area contributed by atoms with Gasteiger partial charge in [-0.2, -0.15) is 0 Å². The van der Waals surface area contributed by atoms with Crippen molar-refractivity contribution < 1.29 is 8.78 Å². The average Bonchev–Trinajstić information content (AvgIpc) is 2.26. The van der Waals surface area contributed by atoms with Crippen molar-refractivity contribution >= 4 is 23.8 Å². The zero-order chi connectivity index (χ0) is 13.1. The first-order valence-corrected chi connectivity index (χ1v) is 5.57. The van der Waals surface area contributed by atoms with Crippen molar-refractivity contribution in [3.05, 3.63) is 58.1 Å². The molecule has 1 aromatic heterocycles. The number of aromatic nitrogens is 2. The van der Waals surface area contributed by atoms with Crippen molar-refractivity contribution in [3.8, 4) is 0 Å². The van der Waals surface area contributed by atoms with Gasteiger partial charge in [0.2, 0.25) is 0 Å². The molecule has 0 amide bonds. The van der Waals surface area contributed by atoms with Crippen LogP contribution in [0.25, 0.3) is 12.2 Å². The second-order valence-electron chi connectivity index (χ2n) is 3.69. The predicted octanol–water partition coefficient (Wildman–Crippen LogP) is 3.89. The van der Waals surface area contributed by atoms with Crippen LogP contribution in [0.3, 0.4) is 0 Å². The number of benzene rings is 1. The molecule has 2 aromatic rings. The van der Waals surface area contributed by atoms with Crippen LogP contribution < -0.4 is 0 Å². The van der Waals surface area contributed by atoms with Crippen molar-refractivity contribution in [1.82, 2.24) is 9.97 Å². The van der Waals surface area contributed by atoms with Gasteiger partial charge in [-0.15, -0.1) is 0 Å². The summed E-state index contributed by atoms with van der Waals surface area (Å²) < 4.78 is 26.1. The summed E-state index contributed by atoms with van der Waals surface area (Å²) in [6.45, 7) is 1.78. The molecule has 0 saturated carbocycles. The lowest BCUT2D eigenvalue weighted by atomic mass is 10.2. The van der Waals surface area contributed by atoms with Gasteiger partial charge < -0.3 is 0 Å². The van der Waals surface area contributed by atoms with Gasteiger partial charge in [-0.3, -0.25) is 0 Å². The van der Waals surface area contributed by atoms with Gasteiger partial charge in [0, 0.05) is 17.3 Å². The molecule has 2 nitrogen and oxygen atoms in total. The molecule has 5 heteroatoms. The highest BCUT2D eigenvalue weighted by Crippen LogP contribution is 2.13. The number of aryl methyl sites for hydroxylation is 1. The zero-order valence-corrected chi connectivity index (χ0v) is 10.2. The fraction of sp³-hybridized carbons (Fsp3) is 0.0769. The van der Waals surface area contributed by atoms with Crippen molar-refractivity contribution in [3.63, 3.8) is 0 Å². The molecule has 0 atom stereocenters. The largest absolute Gasteiger partial charge is 0.234 e. The molecular formula is C13H9ClF2N2. The maximum absolute atomic E-state index is 13.4.